The Morgan fingerprint density at radius 1 is 1.12 bits per heavy atom. The largest absolute Gasteiger partial charge is 0.394 e. The van der Waals surface area contributed by atoms with Gasteiger partial charge in [-0.05, 0) is 93.5 Å². The SMILES string of the molecule is CCN(c1cc(-c2ccc(CNC[C@H](O)CO)cc2)cc(C(=O)NC/C(C)=C(C)/C=C(/C)NC=O)c1C)C1CCOCC1. The number of aliphatic hydroxyl groups excluding tert-OH is 2. The van der Waals surface area contributed by atoms with E-state index in [1.165, 1.54) is 0 Å². The van der Waals surface area contributed by atoms with Crippen molar-refractivity contribution in [1.29, 1.82) is 0 Å². The van der Waals surface area contributed by atoms with Crippen LogP contribution in [0.15, 0.2) is 59.3 Å². The number of benzene rings is 2. The van der Waals surface area contributed by atoms with E-state index in [4.69, 9.17) is 9.84 Å². The summed E-state index contributed by atoms with van der Waals surface area (Å²) in [5, 5.41) is 27.5. The normalized spacial score (nSPS) is 15.5. The average Bonchev–Trinajstić information content (AvgIpc) is 3.01. The molecule has 1 atom stereocenters. The summed E-state index contributed by atoms with van der Waals surface area (Å²) in [6.45, 7) is 13.2. The van der Waals surface area contributed by atoms with E-state index in [9.17, 15) is 14.7 Å². The summed E-state index contributed by atoms with van der Waals surface area (Å²) >= 11 is 0. The van der Waals surface area contributed by atoms with Crippen molar-refractivity contribution in [1.82, 2.24) is 16.0 Å². The summed E-state index contributed by atoms with van der Waals surface area (Å²) < 4.78 is 5.63. The van der Waals surface area contributed by atoms with Crippen molar-refractivity contribution in [3.8, 4) is 11.1 Å². The van der Waals surface area contributed by atoms with Crippen molar-refractivity contribution in [2.45, 2.75) is 66.2 Å². The van der Waals surface area contributed by atoms with E-state index in [1.807, 2.05) is 52.0 Å². The van der Waals surface area contributed by atoms with E-state index in [0.29, 0.717) is 37.6 Å². The van der Waals surface area contributed by atoms with Crippen LogP contribution >= 0.6 is 0 Å². The first-order chi connectivity index (χ1) is 20.7. The van der Waals surface area contributed by atoms with Gasteiger partial charge in [0.05, 0.1) is 12.7 Å². The zero-order chi connectivity index (χ0) is 31.4. The molecule has 0 spiro atoms. The van der Waals surface area contributed by atoms with Crippen LogP contribution < -0.4 is 20.9 Å². The Balaban J connectivity index is 1.93. The van der Waals surface area contributed by atoms with Crippen LogP contribution in [0, 0.1) is 6.92 Å². The Morgan fingerprint density at radius 3 is 2.44 bits per heavy atom. The van der Waals surface area contributed by atoms with Gasteiger partial charge in [-0.3, -0.25) is 9.59 Å². The number of nitrogens with zero attached hydrogens (tertiary/aromatic N) is 1. The number of rotatable bonds is 15. The first-order valence-electron chi connectivity index (χ1n) is 15.1. The van der Waals surface area contributed by atoms with E-state index >= 15 is 0 Å². The summed E-state index contributed by atoms with van der Waals surface area (Å²) in [7, 11) is 0. The van der Waals surface area contributed by atoms with Gasteiger partial charge in [0.2, 0.25) is 6.41 Å². The Labute approximate surface area is 256 Å². The van der Waals surface area contributed by atoms with Crippen LogP contribution in [-0.4, -0.2) is 74.1 Å². The van der Waals surface area contributed by atoms with Crippen LogP contribution in [0.4, 0.5) is 5.69 Å². The number of nitrogens with one attached hydrogen (secondary N) is 3. The van der Waals surface area contributed by atoms with Gasteiger partial charge in [-0.15, -0.1) is 0 Å². The Morgan fingerprint density at radius 2 is 1.81 bits per heavy atom. The lowest BCUT2D eigenvalue weighted by Gasteiger charge is -2.37. The van der Waals surface area contributed by atoms with Crippen LogP contribution in [-0.2, 0) is 16.1 Å². The maximum absolute atomic E-state index is 13.7. The molecule has 2 aromatic rings. The molecule has 1 fully saturated rings. The lowest BCUT2D eigenvalue weighted by atomic mass is 9.94. The van der Waals surface area contributed by atoms with E-state index in [0.717, 1.165) is 77.4 Å². The van der Waals surface area contributed by atoms with Gasteiger partial charge >= 0.3 is 0 Å². The quantitative estimate of drug-likeness (QED) is 0.157. The molecule has 0 radical (unpaired) electrons. The molecule has 2 amide bonds. The molecule has 1 aliphatic heterocycles. The van der Waals surface area contributed by atoms with Crippen LogP contribution in [0.5, 0.6) is 0 Å². The third-order valence-corrected chi connectivity index (χ3v) is 8.02. The molecule has 3 rings (SSSR count). The molecule has 0 aliphatic carbocycles. The number of aliphatic hydroxyl groups is 2. The van der Waals surface area contributed by atoms with Crippen molar-refractivity contribution < 1.29 is 24.5 Å². The van der Waals surface area contributed by atoms with Crippen molar-refractivity contribution in [2.75, 3.05) is 44.4 Å². The topological polar surface area (TPSA) is 123 Å². The van der Waals surface area contributed by atoms with Gasteiger partial charge < -0.3 is 35.8 Å². The minimum atomic E-state index is -0.782. The van der Waals surface area contributed by atoms with Gasteiger partial charge in [0, 0.05) is 62.4 Å². The zero-order valence-corrected chi connectivity index (χ0v) is 26.2. The van der Waals surface area contributed by atoms with Crippen LogP contribution in [0.2, 0.25) is 0 Å². The average molecular weight is 593 g/mol. The first kappa shape index (κ1) is 34.0. The summed E-state index contributed by atoms with van der Waals surface area (Å²) in [6, 6.07) is 12.7. The molecular weight excluding hydrogens is 544 g/mol. The number of carbonyl (C=O) groups is 2. The Hall–Kier alpha value is -3.50. The summed E-state index contributed by atoms with van der Waals surface area (Å²) in [5.41, 5.74) is 8.40. The fraction of sp³-hybridized carbons (Fsp3) is 0.471. The lowest BCUT2D eigenvalue weighted by molar-refractivity contribution is -0.108. The number of hydrogen-bond acceptors (Lipinski definition) is 7. The third-order valence-electron chi connectivity index (χ3n) is 8.02. The smallest absolute Gasteiger partial charge is 0.251 e. The molecule has 0 aromatic heterocycles. The van der Waals surface area contributed by atoms with Gasteiger partial charge in [0.25, 0.3) is 5.91 Å². The van der Waals surface area contributed by atoms with Gasteiger partial charge in [-0.2, -0.15) is 0 Å². The maximum atomic E-state index is 13.7. The molecule has 43 heavy (non-hydrogen) atoms. The molecular formula is C34H48N4O5. The second-order valence-electron chi connectivity index (χ2n) is 11.2. The molecule has 9 nitrogen and oxygen atoms in total. The zero-order valence-electron chi connectivity index (χ0n) is 26.2. The predicted molar refractivity (Wildman–Crippen MR) is 172 cm³/mol. The molecule has 0 saturated carbocycles. The second-order valence-corrected chi connectivity index (χ2v) is 11.2. The summed E-state index contributed by atoms with van der Waals surface area (Å²) in [5.74, 6) is -0.134. The highest BCUT2D eigenvalue weighted by Gasteiger charge is 2.25. The highest BCUT2D eigenvalue weighted by atomic mass is 16.5. The molecule has 0 bridgehead atoms. The molecule has 0 unspecified atom stereocenters. The molecule has 1 heterocycles. The maximum Gasteiger partial charge on any atom is 0.251 e. The van der Waals surface area contributed by atoms with E-state index in [-0.39, 0.29) is 12.5 Å². The molecule has 1 saturated heterocycles. The number of amides is 2. The molecule has 5 N–H and O–H groups in total. The molecule has 9 heteroatoms. The van der Waals surface area contributed by atoms with Crippen LogP contribution in [0.25, 0.3) is 11.1 Å². The predicted octanol–water partition coefficient (Wildman–Crippen LogP) is 3.83. The Kier molecular flexibility index (Phi) is 13.4. The third kappa shape index (κ3) is 9.76. The molecule has 2 aromatic carbocycles. The van der Waals surface area contributed by atoms with Gasteiger partial charge in [0.1, 0.15) is 0 Å². The van der Waals surface area contributed by atoms with Crippen molar-refractivity contribution >= 4 is 18.0 Å². The summed E-state index contributed by atoms with van der Waals surface area (Å²) in [6.07, 6.45) is 3.65. The molecule has 234 valence electrons. The fourth-order valence-electron chi connectivity index (χ4n) is 5.31. The van der Waals surface area contributed by atoms with Gasteiger partial charge in [0.15, 0.2) is 0 Å². The minimum absolute atomic E-state index is 0.134. The molecule has 1 aliphatic rings. The number of ether oxygens (including phenoxy) is 1. The highest BCUT2D eigenvalue weighted by Crippen LogP contribution is 2.34. The van der Waals surface area contributed by atoms with Crippen LogP contribution in [0.3, 0.4) is 0 Å². The van der Waals surface area contributed by atoms with Crippen molar-refractivity contribution in [3.05, 3.63) is 76.0 Å². The highest BCUT2D eigenvalue weighted by molar-refractivity contribution is 5.99. The second kappa shape index (κ2) is 17.0. The van der Waals surface area contributed by atoms with E-state index in [2.05, 4.69) is 46.0 Å². The van der Waals surface area contributed by atoms with Gasteiger partial charge in [-0.25, -0.2) is 0 Å². The van der Waals surface area contributed by atoms with Crippen molar-refractivity contribution in [2.24, 2.45) is 0 Å². The monoisotopic (exact) mass is 592 g/mol. The fourth-order valence-corrected chi connectivity index (χ4v) is 5.31. The van der Waals surface area contributed by atoms with E-state index < -0.39 is 6.10 Å². The number of hydrogen-bond donors (Lipinski definition) is 5. The number of carbonyl (C=O) groups excluding carboxylic acids is 2. The number of allylic oxidation sites excluding steroid dienone is 3. The van der Waals surface area contributed by atoms with E-state index in [1.54, 1.807) is 0 Å². The standard InChI is InChI=1S/C34H48N4O5/c1-6-38(30-11-13-43-14-12-30)33-17-29(28-9-7-27(8-10-28)19-35-20-31(41)21-39)16-32(26(33)5)34(42)36-18-24(3)23(2)15-25(4)37-22-40/h7-10,15-17,22,30-31,35,39,41H,6,11-14,18-21H2,1-5H3,(H,36,42)(H,37,40)/b24-23+,25-15-/t31-/m0/s1. The van der Waals surface area contributed by atoms with Crippen LogP contribution in [0.1, 0.15) is 62.0 Å². The van der Waals surface area contributed by atoms with Gasteiger partial charge in [-0.1, -0.05) is 29.8 Å². The lowest BCUT2D eigenvalue weighted by Crippen LogP contribution is -2.40. The first-order valence-corrected chi connectivity index (χ1v) is 15.1. The summed E-state index contributed by atoms with van der Waals surface area (Å²) in [4.78, 5) is 26.8. The Bertz CT molecular complexity index is 1280. The minimum Gasteiger partial charge on any atom is -0.394 e. The number of anilines is 1. The van der Waals surface area contributed by atoms with Crippen molar-refractivity contribution in [3.63, 3.8) is 0 Å².